The van der Waals surface area contributed by atoms with Crippen LogP contribution in [0.4, 0.5) is 5.69 Å². The molecule has 3 aromatic carbocycles. The highest BCUT2D eigenvalue weighted by Gasteiger charge is 2.24. The fourth-order valence-corrected chi connectivity index (χ4v) is 3.11. The van der Waals surface area contributed by atoms with Crippen LogP contribution in [0.25, 0.3) is 5.70 Å². The molecule has 5 heteroatoms. The predicted molar refractivity (Wildman–Crippen MR) is 117 cm³/mol. The first kappa shape index (κ1) is 19.6. The summed E-state index contributed by atoms with van der Waals surface area (Å²) in [5.41, 5.74) is 8.92. The second kappa shape index (κ2) is 9.15. The van der Waals surface area contributed by atoms with Crippen molar-refractivity contribution in [3.8, 4) is 5.75 Å². The van der Waals surface area contributed by atoms with Crippen molar-refractivity contribution in [3.05, 3.63) is 101 Å². The minimum absolute atomic E-state index is 0.210. The number of carbonyl (C=O) groups excluding carboxylic acids is 1. The van der Waals surface area contributed by atoms with Gasteiger partial charge in [-0.2, -0.15) is 0 Å². The van der Waals surface area contributed by atoms with Crippen LogP contribution in [0.15, 0.2) is 89.8 Å². The number of Topliss-reactive ketones (excluding diaryl/α,β-unsaturated/α-hetero) is 1. The number of ketones is 1. The van der Waals surface area contributed by atoms with Crippen LogP contribution in [-0.4, -0.2) is 12.9 Å². The molecular formula is C23H22N2O2S. The third-order valence-corrected chi connectivity index (χ3v) is 4.81. The minimum Gasteiger partial charge on any atom is -0.497 e. The van der Waals surface area contributed by atoms with Gasteiger partial charge in [-0.25, -0.2) is 0 Å². The van der Waals surface area contributed by atoms with Crippen molar-refractivity contribution >= 4 is 29.8 Å². The van der Waals surface area contributed by atoms with Gasteiger partial charge in [0.25, 0.3) is 0 Å². The molecule has 3 aromatic rings. The molecule has 0 spiro atoms. The first-order valence-electron chi connectivity index (χ1n) is 8.84. The lowest BCUT2D eigenvalue weighted by Gasteiger charge is -2.20. The molecule has 0 aliphatic heterocycles. The Bertz CT molecular complexity index is 972. The maximum absolute atomic E-state index is 13.3. The number of hydrogen-bond donors (Lipinski definition) is 3. The van der Waals surface area contributed by atoms with Crippen LogP contribution >= 0.6 is 12.6 Å². The molecule has 3 N–H and O–H groups in total. The quantitative estimate of drug-likeness (QED) is 0.405. The topological polar surface area (TPSA) is 64.3 Å². The van der Waals surface area contributed by atoms with E-state index in [1.807, 2.05) is 84.9 Å². The summed E-state index contributed by atoms with van der Waals surface area (Å²) >= 11 is 4.47. The van der Waals surface area contributed by atoms with E-state index in [0.29, 0.717) is 11.4 Å². The van der Waals surface area contributed by atoms with Crippen molar-refractivity contribution in [2.24, 2.45) is 5.73 Å². The normalized spacial score (nSPS) is 12.6. The van der Waals surface area contributed by atoms with Gasteiger partial charge in [0.2, 0.25) is 0 Å². The molecule has 28 heavy (non-hydrogen) atoms. The maximum Gasteiger partial charge on any atom is 0.197 e. The number of hydrogen-bond acceptors (Lipinski definition) is 5. The van der Waals surface area contributed by atoms with E-state index < -0.39 is 6.04 Å². The SMILES string of the molecule is COc1cccc(NC(C(=O)/C(S)=C(/N)c2ccccc2)c2ccccc2)c1. The average molecular weight is 391 g/mol. The minimum atomic E-state index is -0.636. The lowest BCUT2D eigenvalue weighted by Crippen LogP contribution is -2.23. The van der Waals surface area contributed by atoms with Crippen LogP contribution in [0.2, 0.25) is 0 Å². The van der Waals surface area contributed by atoms with E-state index in [4.69, 9.17) is 10.5 Å². The molecule has 4 nitrogen and oxygen atoms in total. The third kappa shape index (κ3) is 4.56. The zero-order valence-corrected chi connectivity index (χ0v) is 16.4. The lowest BCUT2D eigenvalue weighted by molar-refractivity contribution is -0.115. The number of ether oxygens (including phenoxy) is 1. The Kier molecular flexibility index (Phi) is 6.40. The van der Waals surface area contributed by atoms with Crippen molar-refractivity contribution in [1.29, 1.82) is 0 Å². The zero-order valence-electron chi connectivity index (χ0n) is 15.5. The Hall–Kier alpha value is -3.18. The summed E-state index contributed by atoms with van der Waals surface area (Å²) in [6, 6.07) is 25.6. The zero-order chi connectivity index (χ0) is 19.9. The first-order valence-corrected chi connectivity index (χ1v) is 9.28. The smallest absolute Gasteiger partial charge is 0.197 e. The highest BCUT2D eigenvalue weighted by atomic mass is 32.1. The fourth-order valence-electron chi connectivity index (χ4n) is 2.85. The van der Waals surface area contributed by atoms with Crippen molar-refractivity contribution in [1.82, 2.24) is 0 Å². The Morgan fingerprint density at radius 3 is 2.25 bits per heavy atom. The van der Waals surface area contributed by atoms with Gasteiger partial charge in [0, 0.05) is 11.8 Å². The van der Waals surface area contributed by atoms with E-state index in [0.717, 1.165) is 16.8 Å². The first-order chi connectivity index (χ1) is 13.6. The molecule has 142 valence electrons. The van der Waals surface area contributed by atoms with E-state index in [1.54, 1.807) is 7.11 Å². The maximum atomic E-state index is 13.3. The average Bonchev–Trinajstić information content (AvgIpc) is 2.77. The van der Waals surface area contributed by atoms with E-state index >= 15 is 0 Å². The second-order valence-electron chi connectivity index (χ2n) is 6.21. The Labute approximate surface area is 170 Å². The molecule has 0 saturated carbocycles. The summed E-state index contributed by atoms with van der Waals surface area (Å²) in [6.45, 7) is 0. The summed E-state index contributed by atoms with van der Waals surface area (Å²) in [7, 11) is 1.61. The van der Waals surface area contributed by atoms with Crippen LogP contribution in [0.1, 0.15) is 17.2 Å². The summed E-state index contributed by atoms with van der Waals surface area (Å²) < 4.78 is 5.28. The Morgan fingerprint density at radius 2 is 1.61 bits per heavy atom. The number of nitrogens with one attached hydrogen (secondary N) is 1. The number of anilines is 1. The fraction of sp³-hybridized carbons (Fsp3) is 0.0870. The molecule has 0 saturated heterocycles. The molecule has 0 aliphatic rings. The molecule has 1 atom stereocenters. The number of nitrogens with two attached hydrogens (primary N) is 1. The van der Waals surface area contributed by atoms with Gasteiger partial charge < -0.3 is 15.8 Å². The van der Waals surface area contributed by atoms with Gasteiger partial charge in [-0.3, -0.25) is 4.79 Å². The molecule has 0 aromatic heterocycles. The third-order valence-electron chi connectivity index (χ3n) is 4.35. The van der Waals surface area contributed by atoms with Gasteiger partial charge in [-0.1, -0.05) is 66.7 Å². The van der Waals surface area contributed by atoms with Gasteiger partial charge in [0.05, 0.1) is 17.7 Å². The second-order valence-corrected chi connectivity index (χ2v) is 6.66. The number of carbonyl (C=O) groups is 1. The van der Waals surface area contributed by atoms with Gasteiger partial charge in [0.15, 0.2) is 5.78 Å². The van der Waals surface area contributed by atoms with Gasteiger partial charge in [-0.05, 0) is 23.3 Å². The van der Waals surface area contributed by atoms with Gasteiger partial charge in [0.1, 0.15) is 11.8 Å². The molecule has 0 heterocycles. The molecule has 0 radical (unpaired) electrons. The van der Waals surface area contributed by atoms with Crippen LogP contribution in [0.3, 0.4) is 0 Å². The van der Waals surface area contributed by atoms with Crippen LogP contribution in [0.5, 0.6) is 5.75 Å². The van der Waals surface area contributed by atoms with E-state index in [9.17, 15) is 4.79 Å². The number of benzene rings is 3. The molecule has 3 rings (SSSR count). The van der Waals surface area contributed by atoms with Crippen LogP contribution in [-0.2, 0) is 4.79 Å². The lowest BCUT2D eigenvalue weighted by atomic mass is 10.00. The molecule has 0 aliphatic carbocycles. The summed E-state index contributed by atoms with van der Waals surface area (Å²) in [6.07, 6.45) is 0. The van der Waals surface area contributed by atoms with Crippen molar-refractivity contribution in [2.75, 3.05) is 12.4 Å². The van der Waals surface area contributed by atoms with E-state index in [1.165, 1.54) is 0 Å². The predicted octanol–water partition coefficient (Wildman–Crippen LogP) is 4.67. The number of rotatable bonds is 7. The Morgan fingerprint density at radius 1 is 0.964 bits per heavy atom. The molecule has 0 fully saturated rings. The monoisotopic (exact) mass is 390 g/mol. The number of thiol groups is 1. The van der Waals surface area contributed by atoms with Crippen molar-refractivity contribution in [3.63, 3.8) is 0 Å². The van der Waals surface area contributed by atoms with E-state index in [-0.39, 0.29) is 10.7 Å². The molecule has 1 unspecified atom stereocenters. The summed E-state index contributed by atoms with van der Waals surface area (Å²) in [4.78, 5) is 13.5. The van der Waals surface area contributed by atoms with Crippen molar-refractivity contribution < 1.29 is 9.53 Å². The number of methoxy groups -OCH3 is 1. The van der Waals surface area contributed by atoms with Crippen molar-refractivity contribution in [2.45, 2.75) is 6.04 Å². The molecule has 0 amide bonds. The molecule has 0 bridgehead atoms. The summed E-state index contributed by atoms with van der Waals surface area (Å²) in [5.74, 6) is 0.494. The highest BCUT2D eigenvalue weighted by molar-refractivity contribution is 7.86. The van der Waals surface area contributed by atoms with Gasteiger partial charge >= 0.3 is 0 Å². The summed E-state index contributed by atoms with van der Waals surface area (Å²) in [5, 5.41) is 3.29. The molecular weight excluding hydrogens is 368 g/mol. The van der Waals surface area contributed by atoms with E-state index in [2.05, 4.69) is 17.9 Å². The van der Waals surface area contributed by atoms with Crippen LogP contribution < -0.4 is 15.8 Å². The van der Waals surface area contributed by atoms with Crippen LogP contribution in [0, 0.1) is 0 Å². The standard InChI is InChI=1S/C23H22N2O2S/c1-27-19-14-8-13-18(15-19)25-21(17-11-6-3-7-12-17)22(26)23(28)20(24)16-9-4-2-5-10-16/h2-15,21,25,28H,24H2,1H3/b23-20-. The highest BCUT2D eigenvalue weighted by Crippen LogP contribution is 2.28. The largest absolute Gasteiger partial charge is 0.497 e. The van der Waals surface area contributed by atoms with Gasteiger partial charge in [-0.15, -0.1) is 12.6 Å². The Balaban J connectivity index is 1.98.